The molecule has 3 N–H and O–H groups in total. The Hall–Kier alpha value is -2.31. The summed E-state index contributed by atoms with van der Waals surface area (Å²) in [5, 5.41) is 30.2. The quantitative estimate of drug-likeness (QED) is 0.452. The highest BCUT2D eigenvalue weighted by Crippen LogP contribution is 2.50. The van der Waals surface area contributed by atoms with E-state index in [9.17, 15) is 15.0 Å². The van der Waals surface area contributed by atoms with Crippen LogP contribution in [0.1, 0.15) is 45.4 Å². The largest absolute Gasteiger partial charge is 0.485 e. The first kappa shape index (κ1) is 21.9. The third-order valence-electron chi connectivity index (χ3n) is 6.99. The number of fused-ring (bicyclic) bond motifs is 2. The standard InChI is InChI=1S/C25H32O6/c1-25(15-30-21-7-3-4-8-22(21)31-25)23(27)11-10-18-19-13-16(6-2-5-9-24(28)29)12-17(19)14-20(18)26/h3-4,6-8,10-11,17-20,23,26-27H,2,5,9,12-15H2,1H3,(H,28,29)/b11-10+,16-6+/t17?,18-,19?,20-,23-,25?/m1/s1. The van der Waals surface area contributed by atoms with Gasteiger partial charge in [0.1, 0.15) is 12.7 Å². The van der Waals surface area contributed by atoms with Gasteiger partial charge >= 0.3 is 5.97 Å². The Morgan fingerprint density at radius 1 is 1.29 bits per heavy atom. The van der Waals surface area contributed by atoms with Crippen molar-refractivity contribution in [3.8, 4) is 11.5 Å². The fourth-order valence-corrected chi connectivity index (χ4v) is 5.24. The van der Waals surface area contributed by atoms with Gasteiger partial charge in [-0.3, -0.25) is 4.79 Å². The Bertz CT molecular complexity index is 861. The minimum absolute atomic E-state index is 0.00460. The third-order valence-corrected chi connectivity index (χ3v) is 6.99. The Morgan fingerprint density at radius 2 is 2.06 bits per heavy atom. The summed E-state index contributed by atoms with van der Waals surface area (Å²) < 4.78 is 11.8. The normalized spacial score (nSPS) is 34.2. The van der Waals surface area contributed by atoms with Gasteiger partial charge in [-0.05, 0) is 63.0 Å². The predicted octanol–water partition coefficient (Wildman–Crippen LogP) is 3.72. The van der Waals surface area contributed by atoms with Crippen molar-refractivity contribution in [2.24, 2.45) is 17.8 Å². The summed E-state index contributed by atoms with van der Waals surface area (Å²) in [6, 6.07) is 7.43. The molecule has 6 heteroatoms. The number of hydrogen-bond acceptors (Lipinski definition) is 5. The van der Waals surface area contributed by atoms with Gasteiger partial charge in [-0.15, -0.1) is 0 Å². The number of aliphatic hydroxyl groups excluding tert-OH is 2. The summed E-state index contributed by atoms with van der Waals surface area (Å²) in [6.45, 7) is 2.08. The van der Waals surface area contributed by atoms with Crippen LogP contribution in [0.2, 0.25) is 0 Å². The molecule has 0 aromatic heterocycles. The molecule has 3 aliphatic rings. The highest BCUT2D eigenvalue weighted by Gasteiger charge is 2.45. The molecule has 1 heterocycles. The van der Waals surface area contributed by atoms with Crippen molar-refractivity contribution >= 4 is 5.97 Å². The van der Waals surface area contributed by atoms with E-state index in [2.05, 4.69) is 6.08 Å². The minimum atomic E-state index is -0.890. The van der Waals surface area contributed by atoms with E-state index in [0.29, 0.717) is 29.8 Å². The van der Waals surface area contributed by atoms with Crippen molar-refractivity contribution in [2.75, 3.05) is 6.61 Å². The summed E-state index contributed by atoms with van der Waals surface area (Å²) in [4.78, 5) is 10.7. The van der Waals surface area contributed by atoms with Crippen LogP contribution in [0.4, 0.5) is 0 Å². The Kier molecular flexibility index (Phi) is 6.39. The molecule has 1 aliphatic heterocycles. The van der Waals surface area contributed by atoms with Gasteiger partial charge in [-0.1, -0.05) is 35.9 Å². The number of carboxylic acid groups (broad SMARTS) is 1. The van der Waals surface area contributed by atoms with E-state index >= 15 is 0 Å². The molecule has 0 amide bonds. The summed E-state index contributed by atoms with van der Waals surface area (Å²) in [5.74, 6) is 1.37. The zero-order chi connectivity index (χ0) is 22.0. The van der Waals surface area contributed by atoms with Gasteiger partial charge in [0.25, 0.3) is 0 Å². The molecule has 1 aromatic carbocycles. The number of aliphatic hydroxyl groups is 2. The highest BCUT2D eigenvalue weighted by molar-refractivity contribution is 5.66. The van der Waals surface area contributed by atoms with E-state index in [1.165, 1.54) is 5.57 Å². The molecule has 0 bridgehead atoms. The first-order valence-corrected chi connectivity index (χ1v) is 11.2. The fraction of sp³-hybridized carbons (Fsp3) is 0.560. The molecule has 1 aromatic rings. The second-order valence-electron chi connectivity index (χ2n) is 9.34. The number of unbranched alkanes of at least 4 members (excludes halogenated alkanes) is 1. The number of allylic oxidation sites excluding steroid dienone is 2. The third kappa shape index (κ3) is 4.80. The van der Waals surface area contributed by atoms with E-state index in [1.807, 2.05) is 37.3 Å². The van der Waals surface area contributed by atoms with Gasteiger partial charge < -0.3 is 24.8 Å². The fourth-order valence-electron chi connectivity index (χ4n) is 5.24. The maximum Gasteiger partial charge on any atom is 0.303 e. The van der Waals surface area contributed by atoms with E-state index in [4.69, 9.17) is 14.6 Å². The van der Waals surface area contributed by atoms with Gasteiger partial charge in [0.2, 0.25) is 0 Å². The topological polar surface area (TPSA) is 96.2 Å². The van der Waals surface area contributed by atoms with Gasteiger partial charge in [-0.25, -0.2) is 0 Å². The number of aliphatic carboxylic acids is 1. The van der Waals surface area contributed by atoms with Crippen LogP contribution in [-0.2, 0) is 4.79 Å². The first-order valence-electron chi connectivity index (χ1n) is 11.2. The number of benzene rings is 1. The molecule has 31 heavy (non-hydrogen) atoms. The van der Waals surface area contributed by atoms with Crippen LogP contribution in [-0.4, -0.2) is 45.7 Å². The molecule has 0 radical (unpaired) electrons. The lowest BCUT2D eigenvalue weighted by molar-refractivity contribution is -0.137. The summed E-state index contributed by atoms with van der Waals surface area (Å²) in [5.41, 5.74) is 0.484. The molecule has 2 saturated carbocycles. The van der Waals surface area contributed by atoms with Crippen LogP contribution in [0.15, 0.2) is 48.1 Å². The zero-order valence-electron chi connectivity index (χ0n) is 17.9. The molecule has 0 spiro atoms. The number of hydrogen-bond donors (Lipinski definition) is 3. The summed E-state index contributed by atoms with van der Waals surface area (Å²) >= 11 is 0. The zero-order valence-corrected chi connectivity index (χ0v) is 17.9. The van der Waals surface area contributed by atoms with Crippen molar-refractivity contribution in [1.82, 2.24) is 0 Å². The molecule has 2 aliphatic carbocycles. The van der Waals surface area contributed by atoms with E-state index in [-0.39, 0.29) is 18.9 Å². The lowest BCUT2D eigenvalue weighted by Crippen LogP contribution is -2.51. The summed E-state index contributed by atoms with van der Waals surface area (Å²) in [6.07, 6.45) is 8.98. The number of para-hydroxylation sites is 2. The Morgan fingerprint density at radius 3 is 2.84 bits per heavy atom. The Balaban J connectivity index is 1.37. The van der Waals surface area contributed by atoms with Crippen LogP contribution in [0.5, 0.6) is 11.5 Å². The van der Waals surface area contributed by atoms with Crippen molar-refractivity contribution < 1.29 is 29.6 Å². The van der Waals surface area contributed by atoms with Crippen LogP contribution >= 0.6 is 0 Å². The highest BCUT2D eigenvalue weighted by atomic mass is 16.6. The van der Waals surface area contributed by atoms with Crippen LogP contribution < -0.4 is 9.47 Å². The van der Waals surface area contributed by atoms with Gasteiger partial charge in [0.15, 0.2) is 17.1 Å². The van der Waals surface area contributed by atoms with Crippen molar-refractivity contribution in [3.63, 3.8) is 0 Å². The van der Waals surface area contributed by atoms with Crippen molar-refractivity contribution in [2.45, 2.75) is 63.3 Å². The van der Waals surface area contributed by atoms with E-state index < -0.39 is 23.8 Å². The molecule has 6 atom stereocenters. The van der Waals surface area contributed by atoms with Crippen molar-refractivity contribution in [1.29, 1.82) is 0 Å². The van der Waals surface area contributed by atoms with Gasteiger partial charge in [0.05, 0.1) is 6.10 Å². The molecule has 0 saturated heterocycles. The predicted molar refractivity (Wildman–Crippen MR) is 116 cm³/mol. The SMILES string of the molecule is CC1([C@H](O)/C=C/[C@@H]2C3C/C(=C/CCCC(=O)O)CC3C[C@H]2O)COc2ccccc2O1. The number of carboxylic acids is 1. The van der Waals surface area contributed by atoms with Crippen LogP contribution in [0, 0.1) is 17.8 Å². The molecule has 4 rings (SSSR count). The average Bonchev–Trinajstić information content (AvgIpc) is 3.25. The first-order chi connectivity index (χ1) is 14.9. The molecule has 6 nitrogen and oxygen atoms in total. The molecule has 2 fully saturated rings. The van der Waals surface area contributed by atoms with Crippen LogP contribution in [0.25, 0.3) is 0 Å². The maximum atomic E-state index is 10.9. The molecular formula is C25H32O6. The van der Waals surface area contributed by atoms with Gasteiger partial charge in [0, 0.05) is 12.3 Å². The lowest BCUT2D eigenvalue weighted by Gasteiger charge is -2.37. The van der Waals surface area contributed by atoms with E-state index in [1.54, 1.807) is 6.08 Å². The maximum absolute atomic E-state index is 10.9. The van der Waals surface area contributed by atoms with Crippen LogP contribution in [0.3, 0.4) is 0 Å². The summed E-state index contributed by atoms with van der Waals surface area (Å²) in [7, 11) is 0. The molecule has 168 valence electrons. The van der Waals surface area contributed by atoms with Crippen molar-refractivity contribution in [3.05, 3.63) is 48.1 Å². The number of rotatable bonds is 7. The van der Waals surface area contributed by atoms with E-state index in [0.717, 1.165) is 25.7 Å². The smallest absolute Gasteiger partial charge is 0.303 e. The number of ether oxygens (including phenoxy) is 2. The average molecular weight is 429 g/mol. The molecule has 3 unspecified atom stereocenters. The second kappa shape index (κ2) is 9.05. The monoisotopic (exact) mass is 428 g/mol. The van der Waals surface area contributed by atoms with Gasteiger partial charge in [-0.2, -0.15) is 0 Å². The molecular weight excluding hydrogens is 396 g/mol. The minimum Gasteiger partial charge on any atom is -0.485 e. The Labute approximate surface area is 183 Å². The lowest BCUT2D eigenvalue weighted by atomic mass is 9.89. The number of carbonyl (C=O) groups is 1. The second-order valence-corrected chi connectivity index (χ2v) is 9.34.